The first kappa shape index (κ1) is 11.7. The molecule has 0 aliphatic heterocycles. The number of anilines is 2. The van der Waals surface area contributed by atoms with E-state index in [1.54, 1.807) is 0 Å². The Morgan fingerprint density at radius 3 is 2.73 bits per heavy atom. The SMILES string of the molecule is CCCNc1cccc(OC(C)C)c1N. The third-order valence-electron chi connectivity index (χ3n) is 1.99. The molecule has 3 heteroatoms. The van der Waals surface area contributed by atoms with Crippen molar-refractivity contribution in [3.05, 3.63) is 18.2 Å². The van der Waals surface area contributed by atoms with Gasteiger partial charge in [-0.1, -0.05) is 13.0 Å². The smallest absolute Gasteiger partial charge is 0.144 e. The molecule has 84 valence electrons. The van der Waals surface area contributed by atoms with Gasteiger partial charge in [0, 0.05) is 6.54 Å². The van der Waals surface area contributed by atoms with Crippen molar-refractivity contribution in [3.63, 3.8) is 0 Å². The maximum absolute atomic E-state index is 5.98. The molecule has 0 atom stereocenters. The van der Waals surface area contributed by atoms with E-state index in [2.05, 4.69) is 12.2 Å². The Balaban J connectivity index is 2.80. The minimum atomic E-state index is 0.147. The fourth-order valence-corrected chi connectivity index (χ4v) is 1.31. The van der Waals surface area contributed by atoms with Gasteiger partial charge in [-0.05, 0) is 32.4 Å². The van der Waals surface area contributed by atoms with E-state index in [0.717, 1.165) is 24.4 Å². The molecule has 0 bridgehead atoms. The highest BCUT2D eigenvalue weighted by Crippen LogP contribution is 2.29. The molecule has 1 rings (SSSR count). The number of hydrogen-bond donors (Lipinski definition) is 2. The Hall–Kier alpha value is -1.38. The van der Waals surface area contributed by atoms with Crippen molar-refractivity contribution in [1.29, 1.82) is 0 Å². The number of para-hydroxylation sites is 1. The first-order valence-electron chi connectivity index (χ1n) is 5.44. The predicted molar refractivity (Wildman–Crippen MR) is 65.4 cm³/mol. The van der Waals surface area contributed by atoms with Crippen molar-refractivity contribution in [3.8, 4) is 5.75 Å². The maximum atomic E-state index is 5.98. The minimum absolute atomic E-state index is 0.147. The Morgan fingerprint density at radius 1 is 1.40 bits per heavy atom. The molecule has 0 spiro atoms. The molecule has 1 aromatic carbocycles. The normalized spacial score (nSPS) is 10.4. The molecule has 0 heterocycles. The summed E-state index contributed by atoms with van der Waals surface area (Å²) in [5.41, 5.74) is 7.63. The van der Waals surface area contributed by atoms with Crippen LogP contribution in [0.15, 0.2) is 18.2 Å². The topological polar surface area (TPSA) is 47.3 Å². The minimum Gasteiger partial charge on any atom is -0.489 e. The van der Waals surface area contributed by atoms with E-state index in [-0.39, 0.29) is 6.10 Å². The monoisotopic (exact) mass is 208 g/mol. The van der Waals surface area contributed by atoms with Gasteiger partial charge in [-0.25, -0.2) is 0 Å². The Kier molecular flexibility index (Phi) is 4.28. The van der Waals surface area contributed by atoms with Gasteiger partial charge in [-0.15, -0.1) is 0 Å². The van der Waals surface area contributed by atoms with Crippen LogP contribution in [0.5, 0.6) is 5.75 Å². The van der Waals surface area contributed by atoms with E-state index in [9.17, 15) is 0 Å². The fraction of sp³-hybridized carbons (Fsp3) is 0.500. The largest absolute Gasteiger partial charge is 0.489 e. The Bertz CT molecular complexity index is 310. The second-order valence-electron chi connectivity index (χ2n) is 3.81. The number of nitrogens with one attached hydrogen (secondary N) is 1. The van der Waals surface area contributed by atoms with Crippen molar-refractivity contribution in [2.45, 2.75) is 33.3 Å². The van der Waals surface area contributed by atoms with Gasteiger partial charge in [0.25, 0.3) is 0 Å². The summed E-state index contributed by atoms with van der Waals surface area (Å²) in [5.74, 6) is 0.756. The molecule has 0 aliphatic carbocycles. The molecule has 0 aliphatic rings. The van der Waals surface area contributed by atoms with Gasteiger partial charge in [0.05, 0.1) is 17.5 Å². The van der Waals surface area contributed by atoms with E-state index in [1.165, 1.54) is 0 Å². The lowest BCUT2D eigenvalue weighted by Crippen LogP contribution is -2.09. The summed E-state index contributed by atoms with van der Waals surface area (Å²) in [4.78, 5) is 0. The first-order chi connectivity index (χ1) is 7.15. The summed E-state index contributed by atoms with van der Waals surface area (Å²) in [6.07, 6.45) is 1.23. The van der Waals surface area contributed by atoms with E-state index in [1.807, 2.05) is 32.0 Å². The van der Waals surface area contributed by atoms with Crippen LogP contribution in [0.2, 0.25) is 0 Å². The van der Waals surface area contributed by atoms with Crippen molar-refractivity contribution >= 4 is 11.4 Å². The zero-order chi connectivity index (χ0) is 11.3. The molecule has 0 saturated heterocycles. The zero-order valence-corrected chi connectivity index (χ0v) is 9.71. The fourth-order valence-electron chi connectivity index (χ4n) is 1.31. The maximum Gasteiger partial charge on any atom is 0.144 e. The molecule has 15 heavy (non-hydrogen) atoms. The Labute approximate surface area is 91.6 Å². The third-order valence-corrected chi connectivity index (χ3v) is 1.99. The number of nitrogen functional groups attached to an aromatic ring is 1. The van der Waals surface area contributed by atoms with E-state index < -0.39 is 0 Å². The molecule has 0 amide bonds. The summed E-state index contributed by atoms with van der Waals surface area (Å²) in [7, 11) is 0. The highest BCUT2D eigenvalue weighted by Gasteiger charge is 2.06. The number of nitrogens with two attached hydrogens (primary N) is 1. The van der Waals surface area contributed by atoms with Gasteiger partial charge in [-0.3, -0.25) is 0 Å². The molecular formula is C12H20N2O. The van der Waals surface area contributed by atoms with Crippen LogP contribution in [0, 0.1) is 0 Å². The molecule has 1 aromatic rings. The first-order valence-corrected chi connectivity index (χ1v) is 5.44. The summed E-state index contributed by atoms with van der Waals surface area (Å²) in [6, 6.07) is 5.82. The van der Waals surface area contributed by atoms with Crippen LogP contribution in [0.3, 0.4) is 0 Å². The number of hydrogen-bond acceptors (Lipinski definition) is 3. The van der Waals surface area contributed by atoms with Crippen LogP contribution in [0.4, 0.5) is 11.4 Å². The summed E-state index contributed by atoms with van der Waals surface area (Å²) < 4.78 is 5.60. The number of benzene rings is 1. The predicted octanol–water partition coefficient (Wildman–Crippen LogP) is 2.88. The molecule has 0 aromatic heterocycles. The van der Waals surface area contributed by atoms with Gasteiger partial charge < -0.3 is 15.8 Å². The average Bonchev–Trinajstić information content (AvgIpc) is 2.19. The quantitative estimate of drug-likeness (QED) is 0.731. The van der Waals surface area contributed by atoms with Gasteiger partial charge in [-0.2, -0.15) is 0 Å². The van der Waals surface area contributed by atoms with E-state index >= 15 is 0 Å². The molecule has 0 saturated carbocycles. The summed E-state index contributed by atoms with van der Waals surface area (Å²) >= 11 is 0. The van der Waals surface area contributed by atoms with Crippen molar-refractivity contribution in [2.75, 3.05) is 17.6 Å². The van der Waals surface area contributed by atoms with Crippen molar-refractivity contribution in [1.82, 2.24) is 0 Å². The standard InChI is InChI=1S/C12H20N2O/c1-4-8-14-10-6-5-7-11(12(10)13)15-9(2)3/h5-7,9,14H,4,8,13H2,1-3H3. The summed E-state index contributed by atoms with van der Waals surface area (Å²) in [6.45, 7) is 7.03. The highest BCUT2D eigenvalue weighted by atomic mass is 16.5. The third kappa shape index (κ3) is 3.35. The molecule has 3 nitrogen and oxygen atoms in total. The van der Waals surface area contributed by atoms with Gasteiger partial charge in [0.15, 0.2) is 0 Å². The van der Waals surface area contributed by atoms with Crippen LogP contribution in [0.25, 0.3) is 0 Å². The second kappa shape index (κ2) is 5.49. The second-order valence-corrected chi connectivity index (χ2v) is 3.81. The van der Waals surface area contributed by atoms with E-state index in [0.29, 0.717) is 5.69 Å². The lowest BCUT2D eigenvalue weighted by Gasteiger charge is -2.15. The molecule has 0 unspecified atom stereocenters. The lowest BCUT2D eigenvalue weighted by molar-refractivity contribution is 0.244. The van der Waals surface area contributed by atoms with Crippen LogP contribution >= 0.6 is 0 Å². The van der Waals surface area contributed by atoms with Gasteiger partial charge >= 0.3 is 0 Å². The lowest BCUT2D eigenvalue weighted by atomic mass is 10.2. The average molecular weight is 208 g/mol. The van der Waals surface area contributed by atoms with Crippen molar-refractivity contribution < 1.29 is 4.74 Å². The molecule has 0 radical (unpaired) electrons. The molecule has 0 fully saturated rings. The zero-order valence-electron chi connectivity index (χ0n) is 9.71. The van der Waals surface area contributed by atoms with Crippen LogP contribution < -0.4 is 15.8 Å². The van der Waals surface area contributed by atoms with Gasteiger partial charge in [0.2, 0.25) is 0 Å². The highest BCUT2D eigenvalue weighted by molar-refractivity contribution is 5.72. The van der Waals surface area contributed by atoms with Crippen LogP contribution in [-0.4, -0.2) is 12.6 Å². The van der Waals surface area contributed by atoms with Crippen LogP contribution in [0.1, 0.15) is 27.2 Å². The summed E-state index contributed by atoms with van der Waals surface area (Å²) in [5, 5.41) is 3.27. The van der Waals surface area contributed by atoms with Gasteiger partial charge in [0.1, 0.15) is 5.75 Å². The Morgan fingerprint density at radius 2 is 2.13 bits per heavy atom. The van der Waals surface area contributed by atoms with Crippen molar-refractivity contribution in [2.24, 2.45) is 0 Å². The number of ether oxygens (including phenoxy) is 1. The number of rotatable bonds is 5. The molecule has 3 N–H and O–H groups in total. The van der Waals surface area contributed by atoms with Crippen LogP contribution in [-0.2, 0) is 0 Å². The molecular weight excluding hydrogens is 188 g/mol. The van der Waals surface area contributed by atoms with E-state index in [4.69, 9.17) is 10.5 Å².